The minimum absolute atomic E-state index is 0.236. The molecule has 3 aromatic rings. The summed E-state index contributed by atoms with van der Waals surface area (Å²) in [6.45, 7) is 2.21. The molecule has 0 unspecified atom stereocenters. The van der Waals surface area contributed by atoms with E-state index >= 15 is 0 Å². The number of methoxy groups -OCH3 is 1. The Balaban J connectivity index is 1.58. The third-order valence-electron chi connectivity index (χ3n) is 6.40. The molecule has 1 aromatic carbocycles. The van der Waals surface area contributed by atoms with Crippen LogP contribution in [0.25, 0.3) is 11.4 Å². The van der Waals surface area contributed by atoms with Gasteiger partial charge in [0.2, 0.25) is 5.91 Å². The van der Waals surface area contributed by atoms with Gasteiger partial charge in [0.15, 0.2) is 11.6 Å². The summed E-state index contributed by atoms with van der Waals surface area (Å²) in [7, 11) is 1.47. The summed E-state index contributed by atoms with van der Waals surface area (Å²) in [6.07, 6.45) is 6.27. The molecular weight excluding hydrogens is 453 g/mol. The standard InChI is InChI=1S/C24H26FN7O3/c1-3-27-22(33)16-11-28-19(24(6-7-24)23(26)34)10-17(16)30-18-9-13(25)8-15(20(18)35-2)21-29-12-32(31-21)14-4-5-14/h8-12,14H,3-7H2,1-2H3,(H2,26,34)(H,27,33)(H,28,30). The average molecular weight is 480 g/mol. The number of ether oxygens (including phenoxy) is 1. The molecule has 2 aliphatic carbocycles. The molecule has 10 nitrogen and oxygen atoms in total. The SMILES string of the molecule is CCNC(=O)c1cnc(C2(C(N)=O)CC2)cc1Nc1cc(F)cc(-c2ncn(C3CC3)n2)c1OC. The van der Waals surface area contributed by atoms with Crippen LogP contribution in [0.2, 0.25) is 0 Å². The van der Waals surface area contributed by atoms with Crippen LogP contribution in [-0.2, 0) is 10.2 Å². The molecule has 2 amide bonds. The Bertz CT molecular complexity index is 1310. The molecule has 2 aromatic heterocycles. The predicted octanol–water partition coefficient (Wildman–Crippen LogP) is 2.83. The second-order valence-corrected chi connectivity index (χ2v) is 8.86. The van der Waals surface area contributed by atoms with Crippen molar-refractivity contribution < 1.29 is 18.7 Å². The number of nitrogens with one attached hydrogen (secondary N) is 2. The van der Waals surface area contributed by atoms with Crippen molar-refractivity contribution in [2.45, 2.75) is 44.1 Å². The molecule has 2 aliphatic rings. The highest BCUT2D eigenvalue weighted by Gasteiger charge is 2.51. The molecule has 0 spiro atoms. The summed E-state index contributed by atoms with van der Waals surface area (Å²) in [5.41, 5.74) is 6.46. The van der Waals surface area contributed by atoms with Crippen LogP contribution in [0, 0.1) is 5.82 Å². The smallest absolute Gasteiger partial charge is 0.254 e. The third-order valence-corrected chi connectivity index (χ3v) is 6.40. The van der Waals surface area contributed by atoms with E-state index in [2.05, 4.69) is 25.7 Å². The van der Waals surface area contributed by atoms with Gasteiger partial charge >= 0.3 is 0 Å². The number of hydrogen-bond acceptors (Lipinski definition) is 7. The Hall–Kier alpha value is -4.02. The lowest BCUT2D eigenvalue weighted by Crippen LogP contribution is -2.30. The lowest BCUT2D eigenvalue weighted by molar-refractivity contribution is -0.120. The highest BCUT2D eigenvalue weighted by atomic mass is 19.1. The van der Waals surface area contributed by atoms with Gasteiger partial charge in [0.1, 0.15) is 12.1 Å². The zero-order valence-electron chi connectivity index (χ0n) is 19.5. The number of nitrogens with zero attached hydrogens (tertiary/aromatic N) is 4. The molecule has 5 rings (SSSR count). The highest BCUT2D eigenvalue weighted by molar-refractivity contribution is 6.01. The Kier molecular flexibility index (Phi) is 5.62. The second kappa shape index (κ2) is 8.64. The molecule has 0 aliphatic heterocycles. The van der Waals surface area contributed by atoms with Crippen molar-refractivity contribution in [3.63, 3.8) is 0 Å². The summed E-state index contributed by atoms with van der Waals surface area (Å²) in [6, 6.07) is 4.52. The first-order valence-electron chi connectivity index (χ1n) is 11.5. The molecule has 2 fully saturated rings. The number of aromatic nitrogens is 4. The number of pyridine rings is 1. The zero-order chi connectivity index (χ0) is 24.7. The Morgan fingerprint density at radius 3 is 2.63 bits per heavy atom. The lowest BCUT2D eigenvalue weighted by atomic mass is 9.99. The van der Waals surface area contributed by atoms with Crippen LogP contribution < -0.4 is 21.1 Å². The van der Waals surface area contributed by atoms with Crippen molar-refractivity contribution >= 4 is 23.2 Å². The number of rotatable bonds is 9. The van der Waals surface area contributed by atoms with E-state index in [1.807, 2.05) is 0 Å². The van der Waals surface area contributed by atoms with Gasteiger partial charge in [0.25, 0.3) is 5.91 Å². The lowest BCUT2D eigenvalue weighted by Gasteiger charge is -2.18. The number of anilines is 2. The Morgan fingerprint density at radius 1 is 1.23 bits per heavy atom. The van der Waals surface area contributed by atoms with E-state index in [9.17, 15) is 14.0 Å². The van der Waals surface area contributed by atoms with Gasteiger partial charge in [-0.15, -0.1) is 0 Å². The second-order valence-electron chi connectivity index (χ2n) is 8.86. The van der Waals surface area contributed by atoms with E-state index < -0.39 is 17.1 Å². The number of hydrogen-bond donors (Lipinski definition) is 3. The highest BCUT2D eigenvalue weighted by Crippen LogP contribution is 2.48. The van der Waals surface area contributed by atoms with Gasteiger partial charge in [-0.2, -0.15) is 5.10 Å². The first kappa shape index (κ1) is 22.8. The Morgan fingerprint density at radius 2 is 2.00 bits per heavy atom. The van der Waals surface area contributed by atoms with Gasteiger partial charge < -0.3 is 21.1 Å². The molecule has 0 bridgehead atoms. The van der Waals surface area contributed by atoms with Crippen molar-refractivity contribution in [3.8, 4) is 17.1 Å². The fourth-order valence-corrected chi connectivity index (χ4v) is 4.14. The number of carbonyl (C=O) groups is 2. The van der Waals surface area contributed by atoms with Crippen molar-refractivity contribution in [1.29, 1.82) is 0 Å². The number of amides is 2. The molecule has 2 saturated carbocycles. The maximum Gasteiger partial charge on any atom is 0.254 e. The summed E-state index contributed by atoms with van der Waals surface area (Å²) in [4.78, 5) is 33.5. The largest absolute Gasteiger partial charge is 0.494 e. The monoisotopic (exact) mass is 479 g/mol. The minimum Gasteiger partial charge on any atom is -0.494 e. The quantitative estimate of drug-likeness (QED) is 0.429. The van der Waals surface area contributed by atoms with Gasteiger partial charge in [0, 0.05) is 18.8 Å². The van der Waals surface area contributed by atoms with Crippen LogP contribution in [0.3, 0.4) is 0 Å². The molecule has 11 heteroatoms. The van der Waals surface area contributed by atoms with Crippen LogP contribution in [0.5, 0.6) is 5.75 Å². The number of halogens is 1. The van der Waals surface area contributed by atoms with Crippen LogP contribution in [0.15, 0.2) is 30.7 Å². The summed E-state index contributed by atoms with van der Waals surface area (Å²) < 4.78 is 22.2. The molecule has 2 heterocycles. The van der Waals surface area contributed by atoms with Crippen molar-refractivity contribution in [3.05, 3.63) is 47.8 Å². The number of primary amides is 1. The minimum atomic E-state index is -0.854. The maximum absolute atomic E-state index is 14.8. The molecular formula is C24H26FN7O3. The maximum atomic E-state index is 14.8. The fourth-order valence-electron chi connectivity index (χ4n) is 4.14. The average Bonchev–Trinajstić information content (AvgIpc) is 3.77. The van der Waals surface area contributed by atoms with E-state index in [0.29, 0.717) is 53.9 Å². The van der Waals surface area contributed by atoms with E-state index in [-0.39, 0.29) is 17.2 Å². The van der Waals surface area contributed by atoms with Crippen LogP contribution in [0.4, 0.5) is 15.8 Å². The molecule has 35 heavy (non-hydrogen) atoms. The number of benzene rings is 1. The third kappa shape index (κ3) is 4.17. The summed E-state index contributed by atoms with van der Waals surface area (Å²) >= 11 is 0. The normalized spacial score (nSPS) is 16.0. The first-order chi connectivity index (χ1) is 16.9. The molecule has 0 radical (unpaired) electrons. The van der Waals surface area contributed by atoms with Crippen molar-refractivity contribution in [2.24, 2.45) is 5.73 Å². The summed E-state index contributed by atoms with van der Waals surface area (Å²) in [5, 5.41) is 10.4. The predicted molar refractivity (Wildman–Crippen MR) is 126 cm³/mol. The van der Waals surface area contributed by atoms with E-state index in [0.717, 1.165) is 12.8 Å². The van der Waals surface area contributed by atoms with Gasteiger partial charge in [-0.1, -0.05) is 0 Å². The van der Waals surface area contributed by atoms with Crippen LogP contribution in [0.1, 0.15) is 54.7 Å². The molecule has 0 saturated heterocycles. The van der Waals surface area contributed by atoms with Crippen LogP contribution >= 0.6 is 0 Å². The molecule has 182 valence electrons. The van der Waals surface area contributed by atoms with Gasteiger partial charge in [-0.05, 0) is 44.7 Å². The van der Waals surface area contributed by atoms with Gasteiger partial charge in [0.05, 0.1) is 46.8 Å². The van der Waals surface area contributed by atoms with Crippen LogP contribution in [-0.4, -0.2) is 45.2 Å². The van der Waals surface area contributed by atoms with E-state index in [4.69, 9.17) is 10.5 Å². The van der Waals surface area contributed by atoms with Gasteiger partial charge in [-0.25, -0.2) is 14.1 Å². The first-order valence-corrected chi connectivity index (χ1v) is 11.5. The van der Waals surface area contributed by atoms with E-state index in [1.54, 1.807) is 24.0 Å². The topological polar surface area (TPSA) is 137 Å². The fraction of sp³-hybridized carbons (Fsp3) is 0.375. The van der Waals surface area contributed by atoms with Gasteiger partial charge in [-0.3, -0.25) is 14.6 Å². The summed E-state index contributed by atoms with van der Waals surface area (Å²) in [5.74, 6) is -0.712. The number of carbonyl (C=O) groups excluding carboxylic acids is 2. The number of nitrogens with two attached hydrogens (primary N) is 1. The zero-order valence-corrected chi connectivity index (χ0v) is 19.5. The van der Waals surface area contributed by atoms with E-state index in [1.165, 1.54) is 25.4 Å². The Labute approximate surface area is 201 Å². The van der Waals surface area contributed by atoms with Crippen molar-refractivity contribution in [2.75, 3.05) is 19.0 Å². The molecule has 4 N–H and O–H groups in total. The van der Waals surface area contributed by atoms with Crippen molar-refractivity contribution in [1.82, 2.24) is 25.1 Å². The molecule has 0 atom stereocenters.